The zero-order valence-corrected chi connectivity index (χ0v) is 14.2. The second-order valence-electron chi connectivity index (χ2n) is 6.69. The van der Waals surface area contributed by atoms with E-state index in [0.29, 0.717) is 12.3 Å². The first-order valence-electron chi connectivity index (χ1n) is 8.61. The lowest BCUT2D eigenvalue weighted by atomic mass is 9.93. The van der Waals surface area contributed by atoms with Gasteiger partial charge in [0.25, 0.3) is 0 Å². The third-order valence-corrected chi connectivity index (χ3v) is 4.77. The van der Waals surface area contributed by atoms with Gasteiger partial charge in [-0.1, -0.05) is 49.4 Å². The van der Waals surface area contributed by atoms with Crippen molar-refractivity contribution in [3.05, 3.63) is 83.7 Å². The van der Waals surface area contributed by atoms with Crippen LogP contribution in [0.25, 0.3) is 11.1 Å². The highest BCUT2D eigenvalue weighted by Gasteiger charge is 2.18. The van der Waals surface area contributed by atoms with Crippen LogP contribution in [0.1, 0.15) is 29.5 Å². The summed E-state index contributed by atoms with van der Waals surface area (Å²) in [6, 6.07) is 18.9. The van der Waals surface area contributed by atoms with E-state index in [1.165, 1.54) is 11.1 Å². The third-order valence-electron chi connectivity index (χ3n) is 4.77. The van der Waals surface area contributed by atoms with Gasteiger partial charge in [0.15, 0.2) is 0 Å². The van der Waals surface area contributed by atoms with Crippen LogP contribution < -0.4 is 5.32 Å². The molecular formula is C22H20N2O. The number of hydrogen-bond acceptors (Lipinski definition) is 2. The summed E-state index contributed by atoms with van der Waals surface area (Å²) >= 11 is 0. The zero-order chi connectivity index (χ0) is 17.2. The van der Waals surface area contributed by atoms with Gasteiger partial charge in [-0.05, 0) is 46.7 Å². The Bertz CT molecular complexity index is 918. The maximum atomic E-state index is 11.5. The summed E-state index contributed by atoms with van der Waals surface area (Å²) in [5.74, 6) is 0.508. The molecule has 2 aromatic carbocycles. The van der Waals surface area contributed by atoms with Gasteiger partial charge in [0.2, 0.25) is 5.91 Å². The molecule has 124 valence electrons. The molecule has 2 heterocycles. The van der Waals surface area contributed by atoms with E-state index >= 15 is 0 Å². The molecule has 1 aliphatic rings. The van der Waals surface area contributed by atoms with Gasteiger partial charge in [0, 0.05) is 23.6 Å². The molecule has 0 radical (unpaired) electrons. The average molecular weight is 328 g/mol. The lowest BCUT2D eigenvalue weighted by Gasteiger charge is -2.13. The molecule has 25 heavy (non-hydrogen) atoms. The topological polar surface area (TPSA) is 42.0 Å². The largest absolute Gasteiger partial charge is 0.326 e. The minimum Gasteiger partial charge on any atom is -0.326 e. The van der Waals surface area contributed by atoms with Crippen LogP contribution >= 0.6 is 0 Å². The van der Waals surface area contributed by atoms with Gasteiger partial charge in [0.05, 0.1) is 6.42 Å². The van der Waals surface area contributed by atoms with Crippen molar-refractivity contribution in [1.29, 1.82) is 0 Å². The molecule has 3 nitrogen and oxygen atoms in total. The number of anilines is 1. The highest BCUT2D eigenvalue weighted by atomic mass is 16.1. The predicted molar refractivity (Wildman–Crippen MR) is 101 cm³/mol. The van der Waals surface area contributed by atoms with Crippen molar-refractivity contribution in [3.63, 3.8) is 0 Å². The molecule has 1 aliphatic heterocycles. The summed E-state index contributed by atoms with van der Waals surface area (Å²) in [6.45, 7) is 2.24. The quantitative estimate of drug-likeness (QED) is 0.761. The average Bonchev–Trinajstić information content (AvgIpc) is 3.02. The van der Waals surface area contributed by atoms with Crippen LogP contribution in [0.2, 0.25) is 0 Å². The summed E-state index contributed by atoms with van der Waals surface area (Å²) in [4.78, 5) is 16.0. The van der Waals surface area contributed by atoms with E-state index in [4.69, 9.17) is 0 Å². The Hall–Kier alpha value is -2.94. The van der Waals surface area contributed by atoms with Crippen molar-refractivity contribution in [2.45, 2.75) is 25.7 Å². The fraction of sp³-hybridized carbons (Fsp3) is 0.182. The Morgan fingerprint density at radius 1 is 1.04 bits per heavy atom. The number of benzene rings is 2. The number of pyridine rings is 1. The van der Waals surface area contributed by atoms with E-state index < -0.39 is 0 Å². The van der Waals surface area contributed by atoms with Crippen molar-refractivity contribution in [3.8, 4) is 11.1 Å². The van der Waals surface area contributed by atoms with Crippen molar-refractivity contribution in [2.75, 3.05) is 5.32 Å². The van der Waals surface area contributed by atoms with Crippen molar-refractivity contribution in [1.82, 2.24) is 4.98 Å². The first-order valence-corrected chi connectivity index (χ1v) is 8.61. The highest BCUT2D eigenvalue weighted by molar-refractivity contribution is 5.99. The summed E-state index contributed by atoms with van der Waals surface area (Å²) in [5, 5.41) is 2.92. The number of nitrogens with zero attached hydrogens (tertiary/aromatic N) is 1. The van der Waals surface area contributed by atoms with E-state index in [1.807, 2.05) is 30.6 Å². The summed E-state index contributed by atoms with van der Waals surface area (Å²) in [5.41, 5.74) is 6.72. The van der Waals surface area contributed by atoms with Crippen molar-refractivity contribution >= 4 is 11.6 Å². The SMILES string of the molecule is CC(Cc1cncc(-c2ccc3c(c2)NC(=O)C3)c1)c1ccccc1. The summed E-state index contributed by atoms with van der Waals surface area (Å²) < 4.78 is 0. The van der Waals surface area contributed by atoms with E-state index in [-0.39, 0.29) is 5.91 Å². The predicted octanol–water partition coefficient (Wildman–Crippen LogP) is 4.59. The molecule has 0 saturated heterocycles. The lowest BCUT2D eigenvalue weighted by Crippen LogP contribution is -2.03. The Morgan fingerprint density at radius 2 is 1.88 bits per heavy atom. The van der Waals surface area contributed by atoms with Crippen LogP contribution in [0.5, 0.6) is 0 Å². The normalized spacial score (nSPS) is 14.0. The molecule has 1 atom stereocenters. The van der Waals surface area contributed by atoms with Crippen LogP contribution in [-0.4, -0.2) is 10.9 Å². The third kappa shape index (κ3) is 3.31. The molecule has 1 unspecified atom stereocenters. The number of fused-ring (bicyclic) bond motifs is 1. The number of rotatable bonds is 4. The van der Waals surface area contributed by atoms with Gasteiger partial charge < -0.3 is 5.32 Å². The van der Waals surface area contributed by atoms with Crippen LogP contribution in [0.4, 0.5) is 5.69 Å². The zero-order valence-electron chi connectivity index (χ0n) is 14.2. The fourth-order valence-corrected chi connectivity index (χ4v) is 3.40. The number of carbonyl (C=O) groups is 1. The Kier molecular flexibility index (Phi) is 4.06. The summed E-state index contributed by atoms with van der Waals surface area (Å²) in [6.07, 6.45) is 5.25. The lowest BCUT2D eigenvalue weighted by molar-refractivity contribution is -0.115. The van der Waals surface area contributed by atoms with Crippen LogP contribution in [-0.2, 0) is 17.6 Å². The summed E-state index contributed by atoms with van der Waals surface area (Å²) in [7, 11) is 0. The first kappa shape index (κ1) is 15.6. The molecule has 1 amide bonds. The number of amides is 1. The van der Waals surface area contributed by atoms with Crippen LogP contribution in [0.3, 0.4) is 0 Å². The first-order chi connectivity index (χ1) is 12.2. The van der Waals surface area contributed by atoms with Gasteiger partial charge in [-0.15, -0.1) is 0 Å². The highest BCUT2D eigenvalue weighted by Crippen LogP contribution is 2.30. The monoisotopic (exact) mass is 328 g/mol. The van der Waals surface area contributed by atoms with Crippen molar-refractivity contribution < 1.29 is 4.79 Å². The molecule has 0 aliphatic carbocycles. The minimum absolute atomic E-state index is 0.0655. The molecule has 1 aromatic heterocycles. The molecule has 4 rings (SSSR count). The fourth-order valence-electron chi connectivity index (χ4n) is 3.40. The van der Waals surface area contributed by atoms with E-state index in [0.717, 1.165) is 28.8 Å². The standard InChI is InChI=1S/C22H20N2O/c1-15(17-5-3-2-4-6-17)9-16-10-20(14-23-13-16)18-7-8-19-12-22(25)24-21(19)11-18/h2-8,10-11,13-15H,9,12H2,1H3,(H,24,25). The van der Waals surface area contributed by atoms with Gasteiger partial charge in [-0.3, -0.25) is 9.78 Å². The smallest absolute Gasteiger partial charge is 0.228 e. The Labute approximate surface area is 147 Å². The molecule has 0 bridgehead atoms. The molecule has 0 spiro atoms. The van der Waals surface area contributed by atoms with Gasteiger partial charge >= 0.3 is 0 Å². The molecular weight excluding hydrogens is 308 g/mol. The van der Waals surface area contributed by atoms with E-state index in [1.54, 1.807) is 0 Å². The van der Waals surface area contributed by atoms with Gasteiger partial charge in [-0.2, -0.15) is 0 Å². The maximum Gasteiger partial charge on any atom is 0.228 e. The molecule has 3 aromatic rings. The Balaban J connectivity index is 1.58. The number of carbonyl (C=O) groups excluding carboxylic acids is 1. The van der Waals surface area contributed by atoms with Crippen LogP contribution in [0.15, 0.2) is 67.0 Å². The van der Waals surface area contributed by atoms with E-state index in [2.05, 4.69) is 53.6 Å². The molecule has 1 N–H and O–H groups in total. The number of nitrogens with one attached hydrogen (secondary N) is 1. The molecule has 0 saturated carbocycles. The molecule has 0 fully saturated rings. The van der Waals surface area contributed by atoms with Gasteiger partial charge in [-0.25, -0.2) is 0 Å². The van der Waals surface area contributed by atoms with Gasteiger partial charge in [0.1, 0.15) is 0 Å². The number of aromatic nitrogens is 1. The molecule has 3 heteroatoms. The van der Waals surface area contributed by atoms with Crippen molar-refractivity contribution in [2.24, 2.45) is 0 Å². The number of hydrogen-bond donors (Lipinski definition) is 1. The second kappa shape index (κ2) is 6.52. The minimum atomic E-state index is 0.0655. The maximum absolute atomic E-state index is 11.5. The van der Waals surface area contributed by atoms with E-state index in [9.17, 15) is 4.79 Å². The Morgan fingerprint density at radius 3 is 2.72 bits per heavy atom. The van der Waals surface area contributed by atoms with Crippen LogP contribution in [0, 0.1) is 0 Å². The second-order valence-corrected chi connectivity index (χ2v) is 6.69.